The molecule has 0 aromatic heterocycles. The standard InChI is InChI=1S/C19H32N4/c1-2-10-22-11-13-23(14-12-22)19-7-5-18(6-8-19)21-16-17-4-3-9-20-15-17/h5-8,17,20-21H,2-4,9-16H2,1H3. The molecule has 1 unspecified atom stereocenters. The van der Waals surface area contributed by atoms with Gasteiger partial charge in [0.05, 0.1) is 0 Å². The van der Waals surface area contributed by atoms with Crippen molar-refractivity contribution in [2.24, 2.45) is 5.92 Å². The Morgan fingerprint density at radius 2 is 1.91 bits per heavy atom. The van der Waals surface area contributed by atoms with Crippen LogP contribution in [0.15, 0.2) is 24.3 Å². The van der Waals surface area contributed by atoms with E-state index in [9.17, 15) is 0 Å². The normalized spacial score (nSPS) is 23.0. The molecular formula is C19H32N4. The summed E-state index contributed by atoms with van der Waals surface area (Å²) in [7, 11) is 0. The molecule has 2 heterocycles. The van der Waals surface area contributed by atoms with E-state index in [1.807, 2.05) is 0 Å². The van der Waals surface area contributed by atoms with Gasteiger partial charge in [0.25, 0.3) is 0 Å². The van der Waals surface area contributed by atoms with E-state index in [1.54, 1.807) is 0 Å². The second kappa shape index (κ2) is 8.55. The van der Waals surface area contributed by atoms with Gasteiger partial charge in [-0.2, -0.15) is 0 Å². The van der Waals surface area contributed by atoms with Crippen LogP contribution < -0.4 is 15.5 Å². The lowest BCUT2D eigenvalue weighted by Crippen LogP contribution is -2.46. The van der Waals surface area contributed by atoms with E-state index in [4.69, 9.17) is 0 Å². The van der Waals surface area contributed by atoms with E-state index in [1.165, 1.54) is 56.8 Å². The Bertz CT molecular complexity index is 445. The third-order valence-corrected chi connectivity index (χ3v) is 5.14. The predicted molar refractivity (Wildman–Crippen MR) is 99.5 cm³/mol. The maximum absolute atomic E-state index is 3.60. The number of nitrogens with zero attached hydrogens (tertiary/aromatic N) is 2. The van der Waals surface area contributed by atoms with Crippen molar-refractivity contribution >= 4 is 11.4 Å². The fraction of sp³-hybridized carbons (Fsp3) is 0.684. The van der Waals surface area contributed by atoms with Crippen LogP contribution in [-0.2, 0) is 0 Å². The van der Waals surface area contributed by atoms with Crippen molar-refractivity contribution in [1.29, 1.82) is 0 Å². The van der Waals surface area contributed by atoms with Crippen LogP contribution >= 0.6 is 0 Å². The Hall–Kier alpha value is -1.26. The third kappa shape index (κ3) is 4.85. The van der Waals surface area contributed by atoms with Crippen molar-refractivity contribution in [3.05, 3.63) is 24.3 Å². The van der Waals surface area contributed by atoms with Gasteiger partial charge in [-0.05, 0) is 69.1 Å². The fourth-order valence-corrected chi connectivity index (χ4v) is 3.70. The molecule has 1 aromatic rings. The SMILES string of the molecule is CCCN1CCN(c2ccc(NCC3CCCNC3)cc2)CC1. The number of piperidine rings is 1. The Kier molecular flexibility index (Phi) is 6.17. The highest BCUT2D eigenvalue weighted by Crippen LogP contribution is 2.20. The van der Waals surface area contributed by atoms with Crippen molar-refractivity contribution in [3.8, 4) is 0 Å². The molecule has 2 aliphatic rings. The van der Waals surface area contributed by atoms with Crippen molar-refractivity contribution in [2.45, 2.75) is 26.2 Å². The number of nitrogens with one attached hydrogen (secondary N) is 2. The maximum Gasteiger partial charge on any atom is 0.0368 e. The van der Waals surface area contributed by atoms with Crippen LogP contribution in [0.25, 0.3) is 0 Å². The average molecular weight is 316 g/mol. The molecule has 128 valence electrons. The van der Waals surface area contributed by atoms with Gasteiger partial charge in [0.1, 0.15) is 0 Å². The summed E-state index contributed by atoms with van der Waals surface area (Å²) < 4.78 is 0. The summed E-state index contributed by atoms with van der Waals surface area (Å²) in [5, 5.41) is 7.09. The first-order valence-corrected chi connectivity index (χ1v) is 9.37. The van der Waals surface area contributed by atoms with Crippen LogP contribution in [0.2, 0.25) is 0 Å². The van der Waals surface area contributed by atoms with E-state index >= 15 is 0 Å². The van der Waals surface area contributed by atoms with Crippen LogP contribution in [-0.4, -0.2) is 57.3 Å². The summed E-state index contributed by atoms with van der Waals surface area (Å²) in [4.78, 5) is 5.09. The summed E-state index contributed by atoms with van der Waals surface area (Å²) in [6.07, 6.45) is 3.92. The lowest BCUT2D eigenvalue weighted by Gasteiger charge is -2.36. The van der Waals surface area contributed by atoms with Crippen LogP contribution in [0.1, 0.15) is 26.2 Å². The van der Waals surface area contributed by atoms with Gasteiger partial charge < -0.3 is 15.5 Å². The smallest absolute Gasteiger partial charge is 0.0368 e. The van der Waals surface area contributed by atoms with E-state index in [-0.39, 0.29) is 0 Å². The first-order chi connectivity index (χ1) is 11.3. The summed E-state index contributed by atoms with van der Waals surface area (Å²) >= 11 is 0. The number of anilines is 2. The summed E-state index contributed by atoms with van der Waals surface area (Å²) in [6, 6.07) is 9.03. The maximum atomic E-state index is 3.60. The zero-order valence-corrected chi connectivity index (χ0v) is 14.6. The molecule has 4 nitrogen and oxygen atoms in total. The molecule has 2 fully saturated rings. The molecule has 0 amide bonds. The number of hydrogen-bond donors (Lipinski definition) is 2. The minimum Gasteiger partial charge on any atom is -0.385 e. The first kappa shape index (κ1) is 16.6. The highest BCUT2D eigenvalue weighted by Gasteiger charge is 2.16. The van der Waals surface area contributed by atoms with Crippen molar-refractivity contribution in [3.63, 3.8) is 0 Å². The Balaban J connectivity index is 1.45. The van der Waals surface area contributed by atoms with Gasteiger partial charge >= 0.3 is 0 Å². The molecule has 0 saturated carbocycles. The highest BCUT2D eigenvalue weighted by atomic mass is 15.3. The number of hydrogen-bond acceptors (Lipinski definition) is 4. The molecule has 1 aromatic carbocycles. The van der Waals surface area contributed by atoms with Crippen LogP contribution in [0.4, 0.5) is 11.4 Å². The van der Waals surface area contributed by atoms with Crippen molar-refractivity contribution in [1.82, 2.24) is 10.2 Å². The molecule has 0 bridgehead atoms. The van der Waals surface area contributed by atoms with Gasteiger partial charge in [0, 0.05) is 44.1 Å². The fourth-order valence-electron chi connectivity index (χ4n) is 3.70. The monoisotopic (exact) mass is 316 g/mol. The van der Waals surface area contributed by atoms with Crippen LogP contribution in [0.5, 0.6) is 0 Å². The topological polar surface area (TPSA) is 30.5 Å². The lowest BCUT2D eigenvalue weighted by molar-refractivity contribution is 0.258. The second-order valence-electron chi connectivity index (χ2n) is 6.97. The average Bonchev–Trinajstić information content (AvgIpc) is 2.62. The third-order valence-electron chi connectivity index (χ3n) is 5.14. The van der Waals surface area contributed by atoms with Gasteiger partial charge in [-0.3, -0.25) is 4.90 Å². The molecule has 0 radical (unpaired) electrons. The van der Waals surface area contributed by atoms with Crippen LogP contribution in [0.3, 0.4) is 0 Å². The van der Waals surface area contributed by atoms with E-state index in [0.29, 0.717) is 0 Å². The molecule has 2 saturated heterocycles. The molecule has 0 aliphatic carbocycles. The van der Waals surface area contributed by atoms with Gasteiger partial charge in [-0.25, -0.2) is 0 Å². The molecular weight excluding hydrogens is 284 g/mol. The molecule has 2 aliphatic heterocycles. The molecule has 23 heavy (non-hydrogen) atoms. The largest absolute Gasteiger partial charge is 0.385 e. The van der Waals surface area contributed by atoms with Gasteiger partial charge in [-0.15, -0.1) is 0 Å². The molecule has 2 N–H and O–H groups in total. The lowest BCUT2D eigenvalue weighted by atomic mass is 10.00. The summed E-state index contributed by atoms with van der Waals surface area (Å²) in [6.45, 7) is 11.6. The van der Waals surface area contributed by atoms with Gasteiger partial charge in [0.15, 0.2) is 0 Å². The number of piperazine rings is 1. The molecule has 0 spiro atoms. The zero-order chi connectivity index (χ0) is 15.9. The molecule has 4 heteroatoms. The number of benzene rings is 1. The summed E-state index contributed by atoms with van der Waals surface area (Å²) in [5.74, 6) is 0.773. The molecule has 1 atom stereocenters. The van der Waals surface area contributed by atoms with Crippen molar-refractivity contribution in [2.75, 3.05) is 62.6 Å². The van der Waals surface area contributed by atoms with Gasteiger partial charge in [-0.1, -0.05) is 6.92 Å². The Morgan fingerprint density at radius 1 is 1.13 bits per heavy atom. The zero-order valence-electron chi connectivity index (χ0n) is 14.6. The molecule has 3 rings (SSSR count). The summed E-state index contributed by atoms with van der Waals surface area (Å²) in [5.41, 5.74) is 2.62. The van der Waals surface area contributed by atoms with E-state index in [0.717, 1.165) is 32.1 Å². The first-order valence-electron chi connectivity index (χ1n) is 9.37. The Morgan fingerprint density at radius 3 is 2.57 bits per heavy atom. The van der Waals surface area contributed by atoms with Crippen molar-refractivity contribution < 1.29 is 0 Å². The quantitative estimate of drug-likeness (QED) is 0.845. The Labute approximate surface area is 141 Å². The highest BCUT2D eigenvalue weighted by molar-refractivity contribution is 5.55. The van der Waals surface area contributed by atoms with Crippen LogP contribution in [0, 0.1) is 5.92 Å². The minimum atomic E-state index is 0.773. The van der Waals surface area contributed by atoms with E-state index in [2.05, 4.69) is 51.6 Å². The predicted octanol–water partition coefficient (Wildman–Crippen LogP) is 2.63. The van der Waals surface area contributed by atoms with Gasteiger partial charge in [0.2, 0.25) is 0 Å². The number of rotatable bonds is 6. The van der Waals surface area contributed by atoms with E-state index < -0.39 is 0 Å². The second-order valence-corrected chi connectivity index (χ2v) is 6.97. The minimum absolute atomic E-state index is 0.773.